The van der Waals surface area contributed by atoms with E-state index in [-0.39, 0.29) is 31.5 Å². The molecule has 2 N–H and O–H groups in total. The molecule has 0 fully saturated rings. The van der Waals surface area contributed by atoms with E-state index in [1.807, 2.05) is 33.3 Å². The number of hydrogen-bond donors (Lipinski definition) is 2. The lowest BCUT2D eigenvalue weighted by Crippen LogP contribution is -2.47. The Morgan fingerprint density at radius 3 is 1.17 bits per heavy atom. The number of nitrogens with zero attached hydrogens (tertiary/aromatic N) is 1. The van der Waals surface area contributed by atoms with Gasteiger partial charge in [-0.05, 0) is 102 Å². The number of amides is 1. The lowest BCUT2D eigenvalue weighted by atomic mass is 10.0. The van der Waals surface area contributed by atoms with Gasteiger partial charge in [-0.1, -0.05) is 286 Å². The molecule has 9 nitrogen and oxygen atoms in total. The number of quaternary nitrogens is 1. The Bertz CT molecular complexity index is 1700. The van der Waals surface area contributed by atoms with E-state index in [0.717, 1.165) is 103 Å². The van der Waals surface area contributed by atoms with Gasteiger partial charge in [-0.15, -0.1) is 0 Å². The number of likely N-dealkylation sites (N-methyl/N-ethyl adjacent to an activating group) is 1. The van der Waals surface area contributed by atoms with Crippen molar-refractivity contribution in [2.24, 2.45) is 0 Å². The molecular weight excluding hydrogens is 1050 g/mol. The topological polar surface area (TPSA) is 111 Å². The Balaban J connectivity index is 5.14. The Morgan fingerprint density at radius 2 is 0.771 bits per heavy atom. The van der Waals surface area contributed by atoms with Gasteiger partial charge in [0.15, 0.2) is 0 Å². The fourth-order valence-electron chi connectivity index (χ4n) is 9.96. The first-order chi connectivity index (χ1) is 40.4. The fraction of sp³-hybridized carbons (Fsp3) is 0.781. The van der Waals surface area contributed by atoms with Crippen LogP contribution in [-0.4, -0.2) is 74.3 Å². The van der Waals surface area contributed by atoms with Gasteiger partial charge < -0.3 is 19.4 Å². The van der Waals surface area contributed by atoms with Crippen molar-refractivity contribution < 1.29 is 37.3 Å². The minimum absolute atomic E-state index is 0.0364. The molecule has 10 heteroatoms. The third kappa shape index (κ3) is 63.5. The summed E-state index contributed by atoms with van der Waals surface area (Å²) in [5.41, 5.74) is 0. The second-order valence-electron chi connectivity index (χ2n) is 24.7. The molecule has 0 aromatic rings. The maximum absolute atomic E-state index is 13.6. The normalized spacial score (nSPS) is 14.1. The minimum atomic E-state index is -4.46. The van der Waals surface area contributed by atoms with Crippen LogP contribution in [0.5, 0.6) is 0 Å². The molecule has 0 heterocycles. The molecule has 0 spiro atoms. The molecule has 0 aliphatic heterocycles. The molecule has 0 rings (SSSR count). The van der Waals surface area contributed by atoms with E-state index in [1.54, 1.807) is 0 Å². The summed E-state index contributed by atoms with van der Waals surface area (Å²) in [6.07, 6.45) is 83.0. The van der Waals surface area contributed by atoms with Crippen molar-refractivity contribution >= 4 is 19.7 Å². The number of allylic oxidation sites excluding steroid dienone is 13. The lowest BCUT2D eigenvalue weighted by Gasteiger charge is -2.27. The van der Waals surface area contributed by atoms with Gasteiger partial charge in [-0.2, -0.15) is 0 Å². The Kier molecular flexibility index (Phi) is 60.1. The van der Waals surface area contributed by atoms with E-state index < -0.39 is 20.0 Å². The van der Waals surface area contributed by atoms with Crippen LogP contribution in [0.3, 0.4) is 0 Å². The van der Waals surface area contributed by atoms with E-state index >= 15 is 0 Å². The van der Waals surface area contributed by atoms with Gasteiger partial charge in [0, 0.05) is 12.8 Å². The summed E-state index contributed by atoms with van der Waals surface area (Å²) in [7, 11) is 1.49. The van der Waals surface area contributed by atoms with Gasteiger partial charge in [0.25, 0.3) is 0 Å². The van der Waals surface area contributed by atoms with E-state index in [1.165, 1.54) is 180 Å². The molecule has 0 saturated heterocycles. The molecule has 3 atom stereocenters. The summed E-state index contributed by atoms with van der Waals surface area (Å²) in [6.45, 7) is 6.92. The van der Waals surface area contributed by atoms with Crippen LogP contribution in [-0.2, 0) is 27.9 Å². The zero-order valence-electron chi connectivity index (χ0n) is 55.2. The van der Waals surface area contributed by atoms with Crippen LogP contribution in [0.4, 0.5) is 0 Å². The van der Waals surface area contributed by atoms with Crippen LogP contribution in [0.2, 0.25) is 0 Å². The van der Waals surface area contributed by atoms with Crippen LogP contribution in [0, 0.1) is 0 Å². The first kappa shape index (κ1) is 80.2. The Labute approximate surface area is 514 Å². The molecule has 0 radical (unpaired) electrons. The summed E-state index contributed by atoms with van der Waals surface area (Å²) in [5, 5.41) is 3.07. The molecular formula is C73H134N2O7P+. The quantitative estimate of drug-likeness (QED) is 0.0205. The number of esters is 1. The van der Waals surface area contributed by atoms with E-state index in [4.69, 9.17) is 13.8 Å². The molecule has 482 valence electrons. The minimum Gasteiger partial charge on any atom is -0.456 e. The second-order valence-corrected chi connectivity index (χ2v) is 26.1. The van der Waals surface area contributed by atoms with Gasteiger partial charge in [0.2, 0.25) is 5.91 Å². The number of ether oxygens (including phenoxy) is 1. The molecule has 0 saturated carbocycles. The van der Waals surface area contributed by atoms with Crippen molar-refractivity contribution in [3.05, 3.63) is 85.1 Å². The lowest BCUT2D eigenvalue weighted by molar-refractivity contribution is -0.870. The molecule has 0 aliphatic carbocycles. The van der Waals surface area contributed by atoms with Crippen molar-refractivity contribution in [3.63, 3.8) is 0 Å². The van der Waals surface area contributed by atoms with Crippen LogP contribution in [0.15, 0.2) is 85.1 Å². The number of unbranched alkanes of at least 4 members (excludes halogenated alkanes) is 35. The summed E-state index contributed by atoms with van der Waals surface area (Å²) in [6, 6.07) is -0.857. The van der Waals surface area contributed by atoms with Crippen LogP contribution < -0.4 is 5.32 Å². The Hall–Kier alpha value is -2.81. The van der Waals surface area contributed by atoms with Crippen LogP contribution >= 0.6 is 7.82 Å². The molecule has 0 aromatic carbocycles. The molecule has 0 bridgehead atoms. The highest BCUT2D eigenvalue weighted by Gasteiger charge is 2.30. The monoisotopic (exact) mass is 1180 g/mol. The molecule has 3 unspecified atom stereocenters. The van der Waals surface area contributed by atoms with Crippen molar-refractivity contribution in [2.45, 2.75) is 328 Å². The van der Waals surface area contributed by atoms with Crippen LogP contribution in [0.25, 0.3) is 0 Å². The van der Waals surface area contributed by atoms with Crippen LogP contribution in [0.1, 0.15) is 316 Å². The zero-order chi connectivity index (χ0) is 60.7. The predicted molar refractivity (Wildman–Crippen MR) is 360 cm³/mol. The molecule has 0 aliphatic rings. The number of rotatable bonds is 63. The standard InChI is InChI=1S/C73H133N2O7P/c1-7-10-13-16-19-22-25-28-30-32-34-35-36-37-38-39-41-42-44-47-50-53-56-59-62-65-72(76)74-70(69-81-83(78,79)80-68-67-75(4,5)6)71(64-61-58-55-52-49-46-27-24-21-18-15-12-9-3)82-73(77)66-63-60-57-54-51-48-45-43-40-33-31-29-26-23-20-17-14-11-8-2/h10,13,19,22,28-31,34-35,37-38,61,64,70-71H,7-9,11-12,14-18,20-21,23-27,32-33,36,39-60,62-63,65-69H2,1-6H3,(H-,74,76,78,79)/p+1/b13-10-,22-19-,30-28-,31-29+,35-34-,38-37-,64-61-. The average Bonchev–Trinajstić information content (AvgIpc) is 3.46. The first-order valence-electron chi connectivity index (χ1n) is 34.9. The van der Waals surface area contributed by atoms with Gasteiger partial charge in [-0.3, -0.25) is 18.6 Å². The molecule has 1 amide bonds. The third-order valence-corrected chi connectivity index (χ3v) is 16.3. The number of phosphoric ester groups is 1. The van der Waals surface area contributed by atoms with Crippen molar-refractivity contribution in [3.8, 4) is 0 Å². The SMILES string of the molecule is CC/C=C\C/C=C\C/C=C\C/C=C\C/C=C\CCCCCCCCCCCC(=O)NC(COP(=O)(O)OCC[N+](C)(C)C)C(/C=C\CCCCCCCCCCCCC)OC(=O)CCCCCCCCCCC/C=C/CCCCCCCC. The zero-order valence-corrected chi connectivity index (χ0v) is 56.1. The highest BCUT2D eigenvalue weighted by molar-refractivity contribution is 7.47. The average molecular weight is 1180 g/mol. The van der Waals surface area contributed by atoms with Crippen molar-refractivity contribution in [1.29, 1.82) is 0 Å². The maximum atomic E-state index is 13.6. The predicted octanol–water partition coefficient (Wildman–Crippen LogP) is 22.1. The number of carbonyl (C=O) groups excluding carboxylic acids is 2. The highest BCUT2D eigenvalue weighted by Crippen LogP contribution is 2.43. The van der Waals surface area contributed by atoms with Crippen molar-refractivity contribution in [2.75, 3.05) is 40.9 Å². The summed E-state index contributed by atoms with van der Waals surface area (Å²) < 4.78 is 30.8. The first-order valence-corrected chi connectivity index (χ1v) is 36.4. The summed E-state index contributed by atoms with van der Waals surface area (Å²) in [5.74, 6) is -0.508. The number of hydrogen-bond acceptors (Lipinski definition) is 6. The maximum Gasteiger partial charge on any atom is 0.472 e. The summed E-state index contributed by atoms with van der Waals surface area (Å²) in [4.78, 5) is 37.9. The number of carbonyl (C=O) groups is 2. The fourth-order valence-corrected chi connectivity index (χ4v) is 10.7. The highest BCUT2D eigenvalue weighted by atomic mass is 31.2. The van der Waals surface area contributed by atoms with Gasteiger partial charge in [-0.25, -0.2) is 4.57 Å². The molecule has 83 heavy (non-hydrogen) atoms. The van der Waals surface area contributed by atoms with E-state index in [2.05, 4.69) is 99.0 Å². The number of phosphoric acid groups is 1. The third-order valence-electron chi connectivity index (χ3n) is 15.3. The smallest absolute Gasteiger partial charge is 0.456 e. The van der Waals surface area contributed by atoms with E-state index in [0.29, 0.717) is 17.4 Å². The number of nitrogens with one attached hydrogen (secondary N) is 1. The molecule has 0 aromatic heterocycles. The second kappa shape index (κ2) is 62.2. The van der Waals surface area contributed by atoms with E-state index in [9.17, 15) is 19.0 Å². The largest absolute Gasteiger partial charge is 0.472 e. The van der Waals surface area contributed by atoms with Gasteiger partial charge >= 0.3 is 13.8 Å². The Morgan fingerprint density at radius 1 is 0.434 bits per heavy atom. The van der Waals surface area contributed by atoms with Crippen molar-refractivity contribution in [1.82, 2.24) is 5.32 Å². The van der Waals surface area contributed by atoms with Gasteiger partial charge in [0.1, 0.15) is 19.3 Å². The van der Waals surface area contributed by atoms with Gasteiger partial charge in [0.05, 0.1) is 33.8 Å². The summed E-state index contributed by atoms with van der Waals surface area (Å²) >= 11 is 0.